The molecule has 2 heterocycles. The molecule has 0 amide bonds. The summed E-state index contributed by atoms with van der Waals surface area (Å²) in [6.45, 7) is 0. The first-order chi connectivity index (χ1) is 9.90. The van der Waals surface area contributed by atoms with Gasteiger partial charge in [-0.2, -0.15) is 0 Å². The van der Waals surface area contributed by atoms with E-state index in [4.69, 9.17) is 4.98 Å². The molecule has 0 aliphatic rings. The number of nitrogens with zero attached hydrogens (tertiary/aromatic N) is 2. The molecule has 0 unspecified atom stereocenters. The number of benzene rings is 2. The highest BCUT2D eigenvalue weighted by Gasteiger charge is 2.03. The molecule has 2 aromatic heterocycles. The molecule has 0 saturated carbocycles. The minimum Gasteiger partial charge on any atom is -0.256 e. The number of fused-ring (bicyclic) bond motifs is 2. The lowest BCUT2D eigenvalue weighted by Crippen LogP contribution is -1.87. The molecule has 0 aliphatic heterocycles. The van der Waals surface area contributed by atoms with Crippen LogP contribution in [0.2, 0.25) is 0 Å². The maximum atomic E-state index is 4.69. The van der Waals surface area contributed by atoms with Gasteiger partial charge in [-0.15, -0.1) is 0 Å². The third-order valence-corrected chi connectivity index (χ3v) is 3.42. The van der Waals surface area contributed by atoms with Crippen LogP contribution in [-0.2, 0) is 0 Å². The van der Waals surface area contributed by atoms with Crippen molar-refractivity contribution in [2.24, 2.45) is 0 Å². The zero-order valence-corrected chi connectivity index (χ0v) is 10.7. The van der Waals surface area contributed by atoms with E-state index >= 15 is 0 Å². The van der Waals surface area contributed by atoms with E-state index in [9.17, 15) is 0 Å². The molecule has 0 bridgehead atoms. The highest BCUT2D eigenvalue weighted by molar-refractivity contribution is 5.85. The summed E-state index contributed by atoms with van der Waals surface area (Å²) < 4.78 is 0. The van der Waals surface area contributed by atoms with Gasteiger partial charge in [-0.1, -0.05) is 30.3 Å². The van der Waals surface area contributed by atoms with Crippen LogP contribution in [0, 0.1) is 6.07 Å². The molecule has 0 atom stereocenters. The summed E-state index contributed by atoms with van der Waals surface area (Å²) in [5.74, 6) is 0. The third kappa shape index (κ3) is 1.82. The molecule has 1 radical (unpaired) electrons. The number of hydrogen-bond donors (Lipinski definition) is 0. The van der Waals surface area contributed by atoms with Crippen LogP contribution in [0.4, 0.5) is 0 Å². The maximum Gasteiger partial charge on any atom is 0.0725 e. The second-order valence-corrected chi connectivity index (χ2v) is 4.73. The minimum absolute atomic E-state index is 0.946. The van der Waals surface area contributed by atoms with Crippen molar-refractivity contribution in [1.82, 2.24) is 9.97 Å². The van der Waals surface area contributed by atoms with Crippen LogP contribution in [0.25, 0.3) is 33.1 Å². The predicted molar refractivity (Wildman–Crippen MR) is 81.3 cm³/mol. The standard InChI is InChI=1S/C18H11N2/c1-4-8-17-13(5-1)9-10-18(20-17)15-11-14-6-2-3-7-16(14)19-12-15/h2-12H. The Kier molecular flexibility index (Phi) is 2.46. The lowest BCUT2D eigenvalue weighted by atomic mass is 10.1. The summed E-state index contributed by atoms with van der Waals surface area (Å²) in [5, 5.41) is 2.23. The zero-order chi connectivity index (χ0) is 13.4. The molecule has 2 aromatic carbocycles. The highest BCUT2D eigenvalue weighted by Crippen LogP contribution is 2.23. The Morgan fingerprint density at radius 3 is 2.80 bits per heavy atom. The van der Waals surface area contributed by atoms with Gasteiger partial charge < -0.3 is 0 Å². The van der Waals surface area contributed by atoms with Crippen LogP contribution in [0.1, 0.15) is 0 Å². The fraction of sp³-hybridized carbons (Fsp3) is 0. The van der Waals surface area contributed by atoms with Crippen molar-refractivity contribution in [3.63, 3.8) is 0 Å². The monoisotopic (exact) mass is 255 g/mol. The Balaban J connectivity index is 1.91. The fourth-order valence-corrected chi connectivity index (χ4v) is 2.38. The summed E-state index contributed by atoms with van der Waals surface area (Å²) in [6.07, 6.45) is 1.88. The van der Waals surface area contributed by atoms with Crippen molar-refractivity contribution in [2.45, 2.75) is 0 Å². The van der Waals surface area contributed by atoms with E-state index in [0.29, 0.717) is 0 Å². The van der Waals surface area contributed by atoms with Gasteiger partial charge in [0, 0.05) is 22.5 Å². The molecule has 2 heteroatoms. The molecule has 20 heavy (non-hydrogen) atoms. The van der Waals surface area contributed by atoms with Crippen LogP contribution < -0.4 is 0 Å². The van der Waals surface area contributed by atoms with E-state index < -0.39 is 0 Å². The van der Waals surface area contributed by atoms with Crippen LogP contribution in [-0.4, -0.2) is 9.97 Å². The van der Waals surface area contributed by atoms with Crippen LogP contribution in [0.5, 0.6) is 0 Å². The Bertz CT molecular complexity index is 836. The van der Waals surface area contributed by atoms with Gasteiger partial charge in [0.15, 0.2) is 0 Å². The lowest BCUT2D eigenvalue weighted by Gasteiger charge is -2.04. The number of pyridine rings is 2. The van der Waals surface area contributed by atoms with Gasteiger partial charge in [0.05, 0.1) is 16.7 Å². The number of aromatic nitrogens is 2. The van der Waals surface area contributed by atoms with E-state index in [1.165, 1.54) is 0 Å². The van der Waals surface area contributed by atoms with Gasteiger partial charge in [0.2, 0.25) is 0 Å². The van der Waals surface area contributed by atoms with Gasteiger partial charge in [-0.25, -0.2) is 4.98 Å². The summed E-state index contributed by atoms with van der Waals surface area (Å²) in [5.41, 5.74) is 3.97. The molecule has 0 N–H and O–H groups in total. The second kappa shape index (κ2) is 4.42. The quantitative estimate of drug-likeness (QED) is 0.508. The van der Waals surface area contributed by atoms with Crippen molar-refractivity contribution in [3.05, 3.63) is 72.9 Å². The predicted octanol–water partition coefficient (Wildman–Crippen LogP) is 4.25. The van der Waals surface area contributed by atoms with Crippen LogP contribution >= 0.6 is 0 Å². The highest BCUT2D eigenvalue weighted by atomic mass is 14.7. The van der Waals surface area contributed by atoms with Crippen LogP contribution in [0.15, 0.2) is 66.9 Å². The van der Waals surface area contributed by atoms with Crippen molar-refractivity contribution in [3.8, 4) is 11.3 Å². The Labute approximate surface area is 116 Å². The smallest absolute Gasteiger partial charge is 0.0725 e. The lowest BCUT2D eigenvalue weighted by molar-refractivity contribution is 1.35. The van der Waals surface area contributed by atoms with E-state index in [0.717, 1.165) is 33.1 Å². The van der Waals surface area contributed by atoms with Crippen LogP contribution in [0.3, 0.4) is 0 Å². The molecule has 93 valence electrons. The van der Waals surface area contributed by atoms with E-state index in [-0.39, 0.29) is 0 Å². The first kappa shape index (κ1) is 11.1. The van der Waals surface area contributed by atoms with E-state index in [1.807, 2.05) is 48.7 Å². The Morgan fingerprint density at radius 2 is 1.80 bits per heavy atom. The first-order valence-corrected chi connectivity index (χ1v) is 6.52. The van der Waals surface area contributed by atoms with Gasteiger partial charge in [-0.05, 0) is 36.4 Å². The summed E-state index contributed by atoms with van der Waals surface area (Å²) in [7, 11) is 0. The van der Waals surface area contributed by atoms with Crippen molar-refractivity contribution in [2.75, 3.05) is 0 Å². The molecule has 0 spiro atoms. The molecule has 0 fully saturated rings. The number of para-hydroxylation sites is 1. The van der Waals surface area contributed by atoms with Crippen molar-refractivity contribution in [1.29, 1.82) is 0 Å². The van der Waals surface area contributed by atoms with E-state index in [2.05, 4.69) is 29.2 Å². The molecule has 0 aliphatic carbocycles. The molecule has 0 saturated heterocycles. The SMILES string of the molecule is [c]1ccc2nc(-c3cnc4ccccc4c3)ccc2c1. The first-order valence-electron chi connectivity index (χ1n) is 6.52. The molecule has 2 nitrogen and oxygen atoms in total. The summed E-state index contributed by atoms with van der Waals surface area (Å²) in [6, 6.07) is 23.2. The Morgan fingerprint density at radius 1 is 0.850 bits per heavy atom. The van der Waals surface area contributed by atoms with Gasteiger partial charge in [0.25, 0.3) is 0 Å². The maximum absolute atomic E-state index is 4.69. The summed E-state index contributed by atoms with van der Waals surface area (Å²) >= 11 is 0. The van der Waals surface area contributed by atoms with Crippen molar-refractivity contribution >= 4 is 21.8 Å². The topological polar surface area (TPSA) is 25.8 Å². The number of hydrogen-bond acceptors (Lipinski definition) is 2. The van der Waals surface area contributed by atoms with Crippen molar-refractivity contribution < 1.29 is 0 Å². The number of rotatable bonds is 1. The average molecular weight is 255 g/mol. The van der Waals surface area contributed by atoms with Gasteiger partial charge in [-0.3, -0.25) is 4.98 Å². The summed E-state index contributed by atoms with van der Waals surface area (Å²) in [4.78, 5) is 9.18. The molecular formula is C18H11N2. The largest absolute Gasteiger partial charge is 0.256 e. The second-order valence-electron chi connectivity index (χ2n) is 4.73. The normalized spacial score (nSPS) is 11.0. The average Bonchev–Trinajstić information content (AvgIpc) is 2.54. The molecule has 4 aromatic rings. The minimum atomic E-state index is 0.946. The molecule has 4 rings (SSSR count). The van der Waals surface area contributed by atoms with E-state index in [1.54, 1.807) is 0 Å². The fourth-order valence-electron chi connectivity index (χ4n) is 2.38. The van der Waals surface area contributed by atoms with Gasteiger partial charge in [0.1, 0.15) is 0 Å². The third-order valence-electron chi connectivity index (χ3n) is 3.42. The zero-order valence-electron chi connectivity index (χ0n) is 10.7. The van der Waals surface area contributed by atoms with Gasteiger partial charge >= 0.3 is 0 Å². The Hall–Kier alpha value is -2.74. The molecular weight excluding hydrogens is 244 g/mol.